The van der Waals surface area contributed by atoms with Crippen LogP contribution in [-0.2, 0) is 0 Å². The predicted molar refractivity (Wildman–Crippen MR) is 91.7 cm³/mol. The molecular weight excluding hydrogens is 300 g/mol. The molecular formula is C18H17ClOS. The van der Waals surface area contributed by atoms with Crippen molar-refractivity contribution >= 4 is 33.0 Å². The molecule has 0 fully saturated rings. The lowest BCUT2D eigenvalue weighted by Crippen LogP contribution is -2.05. The highest BCUT2D eigenvalue weighted by atomic mass is 35.5. The van der Waals surface area contributed by atoms with Gasteiger partial charge in [-0.1, -0.05) is 30.3 Å². The molecule has 0 spiro atoms. The van der Waals surface area contributed by atoms with Crippen molar-refractivity contribution in [1.29, 1.82) is 0 Å². The lowest BCUT2D eigenvalue weighted by molar-refractivity contribution is 0.242. The fourth-order valence-electron chi connectivity index (χ4n) is 2.36. The number of rotatable bonds is 4. The van der Waals surface area contributed by atoms with Crippen LogP contribution < -0.4 is 4.74 Å². The summed E-state index contributed by atoms with van der Waals surface area (Å²) in [6.07, 6.45) is 0.184. The molecule has 21 heavy (non-hydrogen) atoms. The highest BCUT2D eigenvalue weighted by Crippen LogP contribution is 2.37. The molecule has 3 heteroatoms. The van der Waals surface area contributed by atoms with Crippen LogP contribution in [0, 0.1) is 0 Å². The number of hydrogen-bond donors (Lipinski definition) is 0. The van der Waals surface area contributed by atoms with E-state index in [4.69, 9.17) is 16.3 Å². The minimum atomic E-state index is -0.130. The van der Waals surface area contributed by atoms with E-state index >= 15 is 0 Å². The largest absolute Gasteiger partial charge is 0.491 e. The second-order valence-electron chi connectivity index (χ2n) is 5.29. The van der Waals surface area contributed by atoms with Gasteiger partial charge in [-0.3, -0.25) is 0 Å². The van der Waals surface area contributed by atoms with Crippen LogP contribution >= 0.6 is 22.9 Å². The summed E-state index contributed by atoms with van der Waals surface area (Å²) in [5.74, 6) is 0.882. The van der Waals surface area contributed by atoms with Crippen LogP contribution in [0.15, 0.2) is 53.9 Å². The zero-order valence-electron chi connectivity index (χ0n) is 12.0. The summed E-state index contributed by atoms with van der Waals surface area (Å²) in [6.45, 7) is 4.05. The number of thiophene rings is 1. The first kappa shape index (κ1) is 14.4. The lowest BCUT2D eigenvalue weighted by Gasteiger charge is -2.12. The van der Waals surface area contributed by atoms with Crippen molar-refractivity contribution in [3.63, 3.8) is 0 Å². The minimum absolute atomic E-state index is 0.130. The van der Waals surface area contributed by atoms with Gasteiger partial charge in [-0.25, -0.2) is 0 Å². The summed E-state index contributed by atoms with van der Waals surface area (Å²) in [4.78, 5) is 0. The molecule has 1 aromatic heterocycles. The Kier molecular flexibility index (Phi) is 4.18. The Balaban J connectivity index is 1.89. The van der Waals surface area contributed by atoms with Gasteiger partial charge in [-0.2, -0.15) is 0 Å². The number of fused-ring (bicyclic) bond motifs is 1. The van der Waals surface area contributed by atoms with Crippen LogP contribution in [0.2, 0.25) is 0 Å². The molecule has 0 radical (unpaired) electrons. The van der Waals surface area contributed by atoms with Gasteiger partial charge >= 0.3 is 0 Å². The number of hydrogen-bond acceptors (Lipinski definition) is 2. The molecule has 3 aromatic rings. The molecule has 0 saturated carbocycles. The van der Waals surface area contributed by atoms with Crippen LogP contribution in [0.4, 0.5) is 0 Å². The fourth-order valence-corrected chi connectivity index (χ4v) is 3.75. The number of halogens is 1. The van der Waals surface area contributed by atoms with E-state index in [2.05, 4.69) is 29.6 Å². The molecule has 0 bridgehead atoms. The van der Waals surface area contributed by atoms with Crippen LogP contribution in [0.1, 0.15) is 30.4 Å². The summed E-state index contributed by atoms with van der Waals surface area (Å²) in [6, 6.07) is 16.4. The molecule has 0 amide bonds. The van der Waals surface area contributed by atoms with Gasteiger partial charge in [0.15, 0.2) is 0 Å². The molecule has 1 atom stereocenters. The molecule has 1 unspecified atom stereocenters. The Morgan fingerprint density at radius 3 is 2.43 bits per heavy atom. The Hall–Kier alpha value is -1.51. The standard InChI is InChI=1S/C18H17ClOS/c1-12(2)20-14-9-7-13(8-10-14)18(19)16-11-21-17-6-4-3-5-15(16)17/h3-12,18H,1-2H3. The van der Waals surface area contributed by atoms with Gasteiger partial charge in [0.05, 0.1) is 11.5 Å². The Morgan fingerprint density at radius 1 is 1.00 bits per heavy atom. The molecule has 1 heterocycles. The monoisotopic (exact) mass is 316 g/mol. The van der Waals surface area contributed by atoms with Crippen LogP contribution in [0.25, 0.3) is 10.1 Å². The van der Waals surface area contributed by atoms with E-state index in [0.717, 1.165) is 11.3 Å². The van der Waals surface area contributed by atoms with E-state index in [1.165, 1.54) is 15.6 Å². The van der Waals surface area contributed by atoms with Crippen LogP contribution in [0.3, 0.4) is 0 Å². The Bertz CT molecular complexity index is 730. The molecule has 108 valence electrons. The maximum atomic E-state index is 6.68. The van der Waals surface area contributed by atoms with Gasteiger partial charge in [-0.05, 0) is 53.9 Å². The second kappa shape index (κ2) is 6.08. The quantitative estimate of drug-likeness (QED) is 0.535. The molecule has 0 N–H and O–H groups in total. The van der Waals surface area contributed by atoms with Gasteiger partial charge in [-0.15, -0.1) is 22.9 Å². The average molecular weight is 317 g/mol. The first-order valence-corrected chi connectivity index (χ1v) is 8.33. The van der Waals surface area contributed by atoms with E-state index in [0.29, 0.717) is 0 Å². The van der Waals surface area contributed by atoms with Gasteiger partial charge < -0.3 is 4.74 Å². The van der Waals surface area contributed by atoms with E-state index < -0.39 is 0 Å². The summed E-state index contributed by atoms with van der Waals surface area (Å²) in [7, 11) is 0. The Morgan fingerprint density at radius 2 is 1.71 bits per heavy atom. The van der Waals surface area contributed by atoms with Crippen molar-refractivity contribution < 1.29 is 4.74 Å². The summed E-state index contributed by atoms with van der Waals surface area (Å²) < 4.78 is 6.94. The van der Waals surface area contributed by atoms with Crippen molar-refractivity contribution in [2.75, 3.05) is 0 Å². The lowest BCUT2D eigenvalue weighted by atomic mass is 10.0. The zero-order chi connectivity index (χ0) is 14.8. The van der Waals surface area contributed by atoms with E-state index in [1.807, 2.05) is 38.1 Å². The first-order valence-electron chi connectivity index (χ1n) is 7.02. The van der Waals surface area contributed by atoms with E-state index in [1.54, 1.807) is 11.3 Å². The van der Waals surface area contributed by atoms with Crippen molar-refractivity contribution in [3.8, 4) is 5.75 Å². The second-order valence-corrected chi connectivity index (χ2v) is 6.63. The first-order chi connectivity index (χ1) is 10.1. The summed E-state index contributed by atoms with van der Waals surface area (Å²) in [5.41, 5.74) is 2.27. The number of benzene rings is 2. The van der Waals surface area contributed by atoms with Crippen LogP contribution in [0.5, 0.6) is 5.75 Å². The Labute approximate surface area is 134 Å². The zero-order valence-corrected chi connectivity index (χ0v) is 13.6. The molecule has 0 saturated heterocycles. The molecule has 2 aromatic carbocycles. The normalized spacial score (nSPS) is 12.8. The van der Waals surface area contributed by atoms with Gasteiger partial charge in [0.2, 0.25) is 0 Å². The average Bonchev–Trinajstić information content (AvgIpc) is 2.90. The van der Waals surface area contributed by atoms with Crippen LogP contribution in [-0.4, -0.2) is 6.10 Å². The highest BCUT2D eigenvalue weighted by molar-refractivity contribution is 7.17. The highest BCUT2D eigenvalue weighted by Gasteiger charge is 2.15. The third kappa shape index (κ3) is 3.07. The third-order valence-electron chi connectivity index (χ3n) is 3.33. The van der Waals surface area contributed by atoms with Gasteiger partial charge in [0, 0.05) is 4.70 Å². The predicted octanol–water partition coefficient (Wildman–Crippen LogP) is 6.02. The summed E-state index contributed by atoms with van der Waals surface area (Å²) in [5, 5.41) is 3.26. The van der Waals surface area contributed by atoms with Crippen molar-refractivity contribution in [1.82, 2.24) is 0 Å². The third-order valence-corrected chi connectivity index (χ3v) is 4.80. The van der Waals surface area contributed by atoms with Crippen molar-refractivity contribution in [2.45, 2.75) is 25.3 Å². The number of ether oxygens (including phenoxy) is 1. The fraction of sp³-hybridized carbons (Fsp3) is 0.222. The van der Waals surface area contributed by atoms with Gasteiger partial charge in [0.1, 0.15) is 5.75 Å². The van der Waals surface area contributed by atoms with Gasteiger partial charge in [0.25, 0.3) is 0 Å². The molecule has 0 aliphatic carbocycles. The van der Waals surface area contributed by atoms with Crippen molar-refractivity contribution in [3.05, 3.63) is 65.0 Å². The molecule has 0 aliphatic rings. The SMILES string of the molecule is CC(C)Oc1ccc(C(Cl)c2csc3ccccc23)cc1. The maximum absolute atomic E-state index is 6.68. The molecule has 3 rings (SSSR count). The smallest absolute Gasteiger partial charge is 0.119 e. The topological polar surface area (TPSA) is 9.23 Å². The van der Waals surface area contributed by atoms with E-state index in [9.17, 15) is 0 Å². The molecule has 1 nitrogen and oxygen atoms in total. The summed E-state index contributed by atoms with van der Waals surface area (Å²) >= 11 is 8.42. The number of alkyl halides is 1. The minimum Gasteiger partial charge on any atom is -0.491 e. The van der Waals surface area contributed by atoms with Crippen molar-refractivity contribution in [2.24, 2.45) is 0 Å². The van der Waals surface area contributed by atoms with E-state index in [-0.39, 0.29) is 11.5 Å². The maximum Gasteiger partial charge on any atom is 0.119 e. The molecule has 0 aliphatic heterocycles.